The van der Waals surface area contributed by atoms with Crippen LogP contribution in [0.1, 0.15) is 21.5 Å². The van der Waals surface area contributed by atoms with Crippen molar-refractivity contribution < 1.29 is 0 Å². The summed E-state index contributed by atoms with van der Waals surface area (Å²) in [6.45, 7) is 2.16. The van der Waals surface area contributed by atoms with E-state index in [0.717, 1.165) is 10.9 Å². The lowest BCUT2D eigenvalue weighted by molar-refractivity contribution is 0.942. The fraction of sp³-hybridized carbons (Fsp3) is 0.231. The zero-order valence-corrected chi connectivity index (χ0v) is 12.9. The van der Waals surface area contributed by atoms with E-state index in [9.17, 15) is 0 Å². The molecule has 0 spiro atoms. The van der Waals surface area contributed by atoms with Gasteiger partial charge >= 0.3 is 0 Å². The van der Waals surface area contributed by atoms with Crippen LogP contribution in [-0.4, -0.2) is 0 Å². The molecule has 0 aliphatic heterocycles. The fourth-order valence-electron chi connectivity index (χ4n) is 1.67. The van der Waals surface area contributed by atoms with Crippen LogP contribution in [0.15, 0.2) is 39.5 Å². The standard InChI is InChI=1S/C13H12Br2S/c1-9-2-3-11(14)7-12(9)13(15)6-10-4-5-16-8-10/h2-5,7-8,13H,6H2,1H3. The minimum absolute atomic E-state index is 0.389. The van der Waals surface area contributed by atoms with Gasteiger partial charge in [-0.05, 0) is 59.0 Å². The van der Waals surface area contributed by atoms with Gasteiger partial charge in [0.2, 0.25) is 0 Å². The Labute approximate surface area is 117 Å². The predicted octanol–water partition coefficient (Wildman–Crippen LogP) is 5.50. The summed E-state index contributed by atoms with van der Waals surface area (Å²) in [7, 11) is 0. The van der Waals surface area contributed by atoms with Gasteiger partial charge in [0, 0.05) is 9.30 Å². The van der Waals surface area contributed by atoms with Crippen molar-refractivity contribution in [3.63, 3.8) is 0 Å². The Bertz CT molecular complexity index is 463. The summed E-state index contributed by atoms with van der Waals surface area (Å²) in [5.74, 6) is 0. The van der Waals surface area contributed by atoms with Crippen molar-refractivity contribution in [1.82, 2.24) is 0 Å². The first-order chi connectivity index (χ1) is 7.66. The third-order valence-corrected chi connectivity index (χ3v) is 4.62. The number of rotatable bonds is 3. The second kappa shape index (κ2) is 5.48. The minimum Gasteiger partial charge on any atom is -0.152 e. The van der Waals surface area contributed by atoms with Gasteiger partial charge in [0.05, 0.1) is 0 Å². The van der Waals surface area contributed by atoms with Crippen molar-refractivity contribution in [2.75, 3.05) is 0 Å². The summed E-state index contributed by atoms with van der Waals surface area (Å²) in [6.07, 6.45) is 1.04. The molecule has 0 aliphatic rings. The highest BCUT2D eigenvalue weighted by Gasteiger charge is 2.11. The summed E-state index contributed by atoms with van der Waals surface area (Å²) in [5.41, 5.74) is 4.09. The van der Waals surface area contributed by atoms with Crippen molar-refractivity contribution in [2.45, 2.75) is 18.2 Å². The SMILES string of the molecule is Cc1ccc(Br)cc1C(Br)Cc1ccsc1. The van der Waals surface area contributed by atoms with Gasteiger partial charge in [-0.1, -0.05) is 37.9 Å². The predicted molar refractivity (Wildman–Crippen MR) is 78.6 cm³/mol. The van der Waals surface area contributed by atoms with E-state index in [2.05, 4.69) is 73.8 Å². The summed E-state index contributed by atoms with van der Waals surface area (Å²) in [6, 6.07) is 8.62. The molecule has 2 rings (SSSR count). The molecule has 0 N–H and O–H groups in total. The topological polar surface area (TPSA) is 0 Å². The number of alkyl halides is 1. The van der Waals surface area contributed by atoms with Crippen LogP contribution >= 0.6 is 43.2 Å². The lowest BCUT2D eigenvalue weighted by Crippen LogP contribution is -1.97. The quantitative estimate of drug-likeness (QED) is 0.635. The summed E-state index contributed by atoms with van der Waals surface area (Å²) in [5, 5.41) is 4.34. The first kappa shape index (κ1) is 12.3. The normalized spacial score (nSPS) is 12.7. The zero-order chi connectivity index (χ0) is 11.5. The van der Waals surface area contributed by atoms with Crippen LogP contribution in [0.4, 0.5) is 0 Å². The number of hydrogen-bond acceptors (Lipinski definition) is 1. The number of halogens is 2. The smallest absolute Gasteiger partial charge is 0.0438 e. The van der Waals surface area contributed by atoms with E-state index in [-0.39, 0.29) is 0 Å². The largest absolute Gasteiger partial charge is 0.152 e. The van der Waals surface area contributed by atoms with Gasteiger partial charge in [-0.2, -0.15) is 11.3 Å². The van der Waals surface area contributed by atoms with Crippen LogP contribution in [0.2, 0.25) is 0 Å². The monoisotopic (exact) mass is 358 g/mol. The van der Waals surface area contributed by atoms with Gasteiger partial charge in [-0.15, -0.1) is 0 Å². The number of benzene rings is 1. The molecule has 0 amide bonds. The van der Waals surface area contributed by atoms with Gasteiger partial charge in [0.1, 0.15) is 0 Å². The van der Waals surface area contributed by atoms with Crippen LogP contribution < -0.4 is 0 Å². The van der Waals surface area contributed by atoms with Crippen LogP contribution in [0, 0.1) is 6.92 Å². The summed E-state index contributed by atoms with van der Waals surface area (Å²) < 4.78 is 1.14. The fourth-order valence-corrected chi connectivity index (χ4v) is 3.60. The Morgan fingerprint density at radius 2 is 2.12 bits per heavy atom. The zero-order valence-electron chi connectivity index (χ0n) is 8.91. The molecule has 1 heterocycles. The molecular weight excluding hydrogens is 348 g/mol. The Balaban J connectivity index is 2.20. The van der Waals surface area contributed by atoms with Crippen LogP contribution in [-0.2, 0) is 6.42 Å². The van der Waals surface area contributed by atoms with Gasteiger partial charge in [0.15, 0.2) is 0 Å². The lowest BCUT2D eigenvalue weighted by atomic mass is 10.0. The first-order valence-electron chi connectivity index (χ1n) is 5.08. The third kappa shape index (κ3) is 2.96. The molecule has 2 aromatic rings. The summed E-state index contributed by atoms with van der Waals surface area (Å²) >= 11 is 9.05. The molecule has 1 unspecified atom stereocenters. The van der Waals surface area contributed by atoms with E-state index in [1.807, 2.05) is 0 Å². The van der Waals surface area contributed by atoms with E-state index in [0.29, 0.717) is 4.83 Å². The maximum atomic E-state index is 3.78. The highest BCUT2D eigenvalue weighted by Crippen LogP contribution is 2.31. The lowest BCUT2D eigenvalue weighted by Gasteiger charge is -2.12. The van der Waals surface area contributed by atoms with E-state index in [4.69, 9.17) is 0 Å². The summed E-state index contributed by atoms with van der Waals surface area (Å²) in [4.78, 5) is 0.389. The highest BCUT2D eigenvalue weighted by molar-refractivity contribution is 9.10. The maximum Gasteiger partial charge on any atom is 0.0438 e. The molecule has 0 bridgehead atoms. The minimum atomic E-state index is 0.389. The number of aryl methyl sites for hydroxylation is 1. The molecule has 0 saturated carbocycles. The van der Waals surface area contributed by atoms with E-state index in [1.54, 1.807) is 11.3 Å². The van der Waals surface area contributed by atoms with Crippen molar-refractivity contribution in [2.24, 2.45) is 0 Å². The molecule has 1 aromatic carbocycles. The Kier molecular flexibility index (Phi) is 4.22. The molecule has 1 atom stereocenters. The number of thiophene rings is 1. The maximum absolute atomic E-state index is 3.78. The first-order valence-corrected chi connectivity index (χ1v) is 7.73. The van der Waals surface area contributed by atoms with Gasteiger partial charge in [-0.25, -0.2) is 0 Å². The second-order valence-corrected chi connectivity index (χ2v) is 6.61. The van der Waals surface area contributed by atoms with Crippen LogP contribution in [0.3, 0.4) is 0 Å². The number of hydrogen-bond donors (Lipinski definition) is 0. The van der Waals surface area contributed by atoms with Crippen LogP contribution in [0.25, 0.3) is 0 Å². The van der Waals surface area contributed by atoms with E-state index in [1.165, 1.54) is 16.7 Å². The molecule has 0 aliphatic carbocycles. The van der Waals surface area contributed by atoms with E-state index < -0.39 is 0 Å². The van der Waals surface area contributed by atoms with Crippen molar-refractivity contribution in [3.05, 3.63) is 56.2 Å². The average molecular weight is 360 g/mol. The molecule has 1 aromatic heterocycles. The average Bonchev–Trinajstić information content (AvgIpc) is 2.74. The Morgan fingerprint density at radius 1 is 1.31 bits per heavy atom. The van der Waals surface area contributed by atoms with Gasteiger partial charge in [0.25, 0.3) is 0 Å². The van der Waals surface area contributed by atoms with Crippen molar-refractivity contribution in [1.29, 1.82) is 0 Å². The van der Waals surface area contributed by atoms with Crippen molar-refractivity contribution >= 4 is 43.2 Å². The Morgan fingerprint density at radius 3 is 2.81 bits per heavy atom. The molecule has 84 valence electrons. The molecule has 0 fully saturated rings. The van der Waals surface area contributed by atoms with E-state index >= 15 is 0 Å². The second-order valence-electron chi connectivity index (χ2n) is 3.80. The van der Waals surface area contributed by atoms with Crippen LogP contribution in [0.5, 0.6) is 0 Å². The molecule has 0 radical (unpaired) electrons. The molecule has 0 saturated heterocycles. The molecule has 16 heavy (non-hydrogen) atoms. The highest BCUT2D eigenvalue weighted by atomic mass is 79.9. The van der Waals surface area contributed by atoms with Crippen molar-refractivity contribution in [3.8, 4) is 0 Å². The molecular formula is C13H12Br2S. The third-order valence-electron chi connectivity index (χ3n) is 2.57. The van der Waals surface area contributed by atoms with Gasteiger partial charge in [-0.3, -0.25) is 0 Å². The molecule has 0 nitrogen and oxygen atoms in total. The Hall–Kier alpha value is -0.120. The van der Waals surface area contributed by atoms with Gasteiger partial charge < -0.3 is 0 Å². The molecule has 3 heteroatoms.